The molecule has 1 saturated heterocycles. The Morgan fingerprint density at radius 3 is 2.75 bits per heavy atom. The maximum Gasteiger partial charge on any atom is 0.254 e. The normalized spacial score (nSPS) is 17.0. The number of allylic oxidation sites excluding steroid dienone is 1. The lowest BCUT2D eigenvalue weighted by molar-refractivity contribution is 0.0978. The molecule has 1 unspecified atom stereocenters. The summed E-state index contributed by atoms with van der Waals surface area (Å²) in [5, 5.41) is 10.9. The molecular weight excluding hydrogens is 400 g/mol. The second-order valence-electron chi connectivity index (χ2n) is 8.67. The monoisotopic (exact) mass is 428 g/mol. The summed E-state index contributed by atoms with van der Waals surface area (Å²) in [7, 11) is 4.30. The maximum absolute atomic E-state index is 12.6. The van der Waals surface area contributed by atoms with E-state index in [1.54, 1.807) is 4.57 Å². The molecule has 0 bridgehead atoms. The number of nitrogens with zero attached hydrogens (tertiary/aromatic N) is 6. The number of hydrogen-bond acceptors (Lipinski definition) is 5. The van der Waals surface area contributed by atoms with Crippen molar-refractivity contribution in [3.05, 3.63) is 61.3 Å². The van der Waals surface area contributed by atoms with Gasteiger partial charge in [0.2, 0.25) is 0 Å². The maximum atomic E-state index is 12.6. The van der Waals surface area contributed by atoms with Crippen molar-refractivity contribution in [2.75, 3.05) is 33.7 Å². The van der Waals surface area contributed by atoms with Crippen molar-refractivity contribution < 1.29 is 4.79 Å². The van der Waals surface area contributed by atoms with Crippen LogP contribution < -0.4 is 0 Å². The third-order valence-corrected chi connectivity index (χ3v) is 6.53. The first-order valence-corrected chi connectivity index (χ1v) is 11.0. The van der Waals surface area contributed by atoms with Gasteiger partial charge in [-0.1, -0.05) is 42.1 Å². The van der Waals surface area contributed by atoms with Gasteiger partial charge in [-0.3, -0.25) is 18.9 Å². The van der Waals surface area contributed by atoms with Gasteiger partial charge in [-0.2, -0.15) is 0 Å². The molecule has 2 aromatic carbocycles. The molecule has 32 heavy (non-hydrogen) atoms. The fraction of sp³-hybridized carbons (Fsp3) is 0.320. The number of likely N-dealkylation sites (N-methyl/N-ethyl adjacent to an activating group) is 1. The van der Waals surface area contributed by atoms with Gasteiger partial charge in [-0.15, -0.1) is 5.10 Å². The number of rotatable bonds is 6. The number of carbonyl (C=O) groups is 1. The Morgan fingerprint density at radius 1 is 1.16 bits per heavy atom. The first-order chi connectivity index (χ1) is 15.6. The lowest BCUT2D eigenvalue weighted by Crippen LogP contribution is -2.32. The fourth-order valence-electron chi connectivity index (χ4n) is 4.77. The number of hydrogen-bond donors (Lipinski definition) is 0. The Morgan fingerprint density at radius 2 is 1.97 bits per heavy atom. The summed E-state index contributed by atoms with van der Waals surface area (Å²) in [6.45, 7) is 7.67. The fourth-order valence-corrected chi connectivity index (χ4v) is 4.77. The van der Waals surface area contributed by atoms with Gasteiger partial charge >= 0.3 is 0 Å². The third-order valence-electron chi connectivity index (χ3n) is 6.53. The lowest BCUT2D eigenvalue weighted by Gasteiger charge is -2.20. The zero-order valence-corrected chi connectivity index (χ0v) is 18.6. The molecule has 1 aliphatic rings. The van der Waals surface area contributed by atoms with Crippen LogP contribution in [0.3, 0.4) is 0 Å². The average Bonchev–Trinajstić information content (AvgIpc) is 3.54. The molecule has 0 saturated carbocycles. The molecule has 5 rings (SSSR count). The highest BCUT2D eigenvalue weighted by Gasteiger charge is 2.24. The minimum Gasteiger partial charge on any atom is -0.305 e. The quantitative estimate of drug-likeness (QED) is 0.440. The predicted octanol–water partition coefficient (Wildman–Crippen LogP) is 3.52. The van der Waals surface area contributed by atoms with E-state index in [9.17, 15) is 4.79 Å². The van der Waals surface area contributed by atoms with Crippen LogP contribution in [0.4, 0.5) is 0 Å². The van der Waals surface area contributed by atoms with Gasteiger partial charge in [0.15, 0.2) is 0 Å². The van der Waals surface area contributed by atoms with E-state index in [-0.39, 0.29) is 5.91 Å². The standard InChI is InChI=1S/C25H28N6O/c1-4-24(32)31-22-10-6-5-8-20(22)25-19(9-7-11-23(25)31)21-17-30(27-26-21)15-14-29-13-12-18(16-29)28(2)3/h4-11,17-18H,1,12-16H2,2-3H3. The van der Waals surface area contributed by atoms with Crippen molar-refractivity contribution in [1.82, 2.24) is 29.4 Å². The summed E-state index contributed by atoms with van der Waals surface area (Å²) in [6, 6.07) is 14.6. The van der Waals surface area contributed by atoms with E-state index in [1.165, 1.54) is 12.5 Å². The highest BCUT2D eigenvalue weighted by atomic mass is 16.1. The van der Waals surface area contributed by atoms with Crippen molar-refractivity contribution in [2.45, 2.75) is 19.0 Å². The summed E-state index contributed by atoms with van der Waals surface area (Å²) in [6.07, 6.45) is 4.58. The number of likely N-dealkylation sites (tertiary alicyclic amines) is 1. The van der Waals surface area contributed by atoms with Crippen LogP contribution in [-0.4, -0.2) is 75.0 Å². The minimum atomic E-state index is -0.140. The van der Waals surface area contributed by atoms with Crippen LogP contribution in [0.15, 0.2) is 61.3 Å². The molecule has 3 heterocycles. The molecule has 7 nitrogen and oxygen atoms in total. The largest absolute Gasteiger partial charge is 0.305 e. The van der Waals surface area contributed by atoms with Gasteiger partial charge < -0.3 is 4.90 Å². The molecule has 2 aromatic heterocycles. The SMILES string of the molecule is C=CC(=O)n1c2ccccc2c2c(-c3cn(CCN4CCC(N(C)C)C4)nn3)cccc21. The summed E-state index contributed by atoms with van der Waals surface area (Å²) >= 11 is 0. The van der Waals surface area contributed by atoms with Crippen molar-refractivity contribution in [1.29, 1.82) is 0 Å². The Labute approximate surface area is 187 Å². The highest BCUT2D eigenvalue weighted by Crippen LogP contribution is 2.35. The molecule has 0 spiro atoms. The smallest absolute Gasteiger partial charge is 0.254 e. The van der Waals surface area contributed by atoms with Gasteiger partial charge in [0.25, 0.3) is 5.91 Å². The van der Waals surface area contributed by atoms with Crippen LogP contribution in [-0.2, 0) is 6.54 Å². The zero-order valence-electron chi connectivity index (χ0n) is 18.6. The third kappa shape index (κ3) is 3.53. The first-order valence-electron chi connectivity index (χ1n) is 11.0. The summed E-state index contributed by atoms with van der Waals surface area (Å²) < 4.78 is 3.64. The average molecular weight is 429 g/mol. The van der Waals surface area contributed by atoms with Crippen LogP contribution in [0.5, 0.6) is 0 Å². The Hall–Kier alpha value is -3.29. The minimum absolute atomic E-state index is 0.140. The molecule has 1 aliphatic heterocycles. The van der Waals surface area contributed by atoms with Crippen molar-refractivity contribution in [2.24, 2.45) is 0 Å². The lowest BCUT2D eigenvalue weighted by atomic mass is 10.0. The van der Waals surface area contributed by atoms with E-state index in [0.717, 1.165) is 59.2 Å². The zero-order chi connectivity index (χ0) is 22.2. The number of para-hydroxylation sites is 1. The molecule has 1 atom stereocenters. The summed E-state index contributed by atoms with van der Waals surface area (Å²) in [5.74, 6) is -0.140. The van der Waals surface area contributed by atoms with Crippen molar-refractivity contribution >= 4 is 27.7 Å². The molecule has 0 radical (unpaired) electrons. The molecule has 164 valence electrons. The van der Waals surface area contributed by atoms with Crippen LogP contribution in [0, 0.1) is 0 Å². The molecule has 0 amide bonds. The van der Waals surface area contributed by atoms with E-state index in [0.29, 0.717) is 6.04 Å². The summed E-state index contributed by atoms with van der Waals surface area (Å²) in [5.41, 5.74) is 3.53. The molecule has 1 fully saturated rings. The van der Waals surface area contributed by atoms with Gasteiger partial charge in [-0.05, 0) is 45.3 Å². The second kappa shape index (κ2) is 8.33. The van der Waals surface area contributed by atoms with E-state index in [1.807, 2.05) is 53.3 Å². The van der Waals surface area contributed by atoms with Gasteiger partial charge in [-0.25, -0.2) is 0 Å². The topological polar surface area (TPSA) is 59.2 Å². The predicted molar refractivity (Wildman–Crippen MR) is 128 cm³/mol. The molecule has 0 aliphatic carbocycles. The van der Waals surface area contributed by atoms with Crippen LogP contribution >= 0.6 is 0 Å². The van der Waals surface area contributed by atoms with Crippen LogP contribution in [0.25, 0.3) is 33.1 Å². The van der Waals surface area contributed by atoms with Crippen molar-refractivity contribution in [3.8, 4) is 11.3 Å². The van der Waals surface area contributed by atoms with Crippen molar-refractivity contribution in [3.63, 3.8) is 0 Å². The van der Waals surface area contributed by atoms with Gasteiger partial charge in [0, 0.05) is 35.5 Å². The number of benzene rings is 2. The Balaban J connectivity index is 1.47. The molecule has 0 N–H and O–H groups in total. The number of fused-ring (bicyclic) bond motifs is 3. The first kappa shape index (κ1) is 20.6. The van der Waals surface area contributed by atoms with E-state index < -0.39 is 0 Å². The van der Waals surface area contributed by atoms with Crippen LogP contribution in [0.2, 0.25) is 0 Å². The van der Waals surface area contributed by atoms with Gasteiger partial charge in [0.1, 0.15) is 5.69 Å². The van der Waals surface area contributed by atoms with Gasteiger partial charge in [0.05, 0.1) is 23.8 Å². The second-order valence-corrected chi connectivity index (χ2v) is 8.67. The highest BCUT2D eigenvalue weighted by molar-refractivity contribution is 6.19. The molecule has 4 aromatic rings. The Kier molecular flexibility index (Phi) is 5.36. The summed E-state index contributed by atoms with van der Waals surface area (Å²) in [4.78, 5) is 17.4. The van der Waals surface area contributed by atoms with Crippen LogP contribution in [0.1, 0.15) is 11.2 Å². The molecule has 7 heteroatoms. The number of carbonyl (C=O) groups excluding carboxylic acids is 1. The van der Waals surface area contributed by atoms with E-state index in [4.69, 9.17) is 0 Å². The number of aromatic nitrogens is 4. The van der Waals surface area contributed by atoms with E-state index in [2.05, 4.69) is 40.8 Å². The van der Waals surface area contributed by atoms with E-state index >= 15 is 0 Å². The Bertz CT molecular complexity index is 1300. The molecular formula is C25H28N6O.